The molecular formula is C12H12S. The van der Waals surface area contributed by atoms with Gasteiger partial charge in [-0.05, 0) is 28.0 Å². The lowest BCUT2D eigenvalue weighted by Gasteiger charge is -2.09. The Kier molecular flexibility index (Phi) is 2.46. The van der Waals surface area contributed by atoms with Crippen LogP contribution in [0.1, 0.15) is 24.0 Å². The van der Waals surface area contributed by atoms with Crippen LogP contribution in [-0.4, -0.2) is 0 Å². The van der Waals surface area contributed by atoms with Crippen LogP contribution in [0.15, 0.2) is 47.2 Å². The molecule has 1 atom stereocenters. The fraction of sp³-hybridized carbons (Fsp3) is 0.167. The molecule has 2 aromatic rings. The molecule has 1 heterocycles. The van der Waals surface area contributed by atoms with Gasteiger partial charge in [0.1, 0.15) is 0 Å². The predicted octanol–water partition coefficient (Wildman–Crippen LogP) is 3.90. The molecule has 1 unspecified atom stereocenters. The maximum absolute atomic E-state index is 2.25. The normalized spacial score (nSPS) is 12.7. The van der Waals surface area contributed by atoms with Gasteiger partial charge in [-0.3, -0.25) is 0 Å². The van der Waals surface area contributed by atoms with Gasteiger partial charge < -0.3 is 0 Å². The molecule has 66 valence electrons. The maximum atomic E-state index is 2.25. The van der Waals surface area contributed by atoms with Crippen LogP contribution in [0, 0.1) is 0 Å². The highest BCUT2D eigenvalue weighted by Gasteiger charge is 2.06. The molecule has 0 bridgehead atoms. The minimum Gasteiger partial charge on any atom is -0.152 e. The molecule has 0 aliphatic rings. The first kappa shape index (κ1) is 8.52. The molecule has 0 nitrogen and oxygen atoms in total. The van der Waals surface area contributed by atoms with E-state index in [0.717, 1.165) is 0 Å². The lowest BCUT2D eigenvalue weighted by atomic mass is 9.96. The molecule has 0 fully saturated rings. The first-order chi connectivity index (χ1) is 6.38. The van der Waals surface area contributed by atoms with Gasteiger partial charge in [-0.2, -0.15) is 11.3 Å². The average molecular weight is 188 g/mol. The van der Waals surface area contributed by atoms with Gasteiger partial charge in [-0.1, -0.05) is 37.3 Å². The molecule has 0 amide bonds. The lowest BCUT2D eigenvalue weighted by molar-refractivity contribution is 0.929. The van der Waals surface area contributed by atoms with Crippen molar-refractivity contribution in [3.63, 3.8) is 0 Å². The molecule has 1 aromatic heterocycles. The van der Waals surface area contributed by atoms with Gasteiger partial charge in [0.15, 0.2) is 0 Å². The van der Waals surface area contributed by atoms with Crippen LogP contribution >= 0.6 is 11.3 Å². The van der Waals surface area contributed by atoms with Crippen molar-refractivity contribution in [2.24, 2.45) is 0 Å². The summed E-state index contributed by atoms with van der Waals surface area (Å²) in [7, 11) is 0. The van der Waals surface area contributed by atoms with Gasteiger partial charge in [-0.25, -0.2) is 0 Å². The van der Waals surface area contributed by atoms with Gasteiger partial charge in [0.2, 0.25) is 0 Å². The summed E-state index contributed by atoms with van der Waals surface area (Å²) in [6.45, 7) is 2.25. The Morgan fingerprint density at radius 1 is 1.00 bits per heavy atom. The third-order valence-corrected chi connectivity index (χ3v) is 3.04. The molecular weight excluding hydrogens is 176 g/mol. The number of hydrogen-bond acceptors (Lipinski definition) is 1. The second kappa shape index (κ2) is 3.75. The van der Waals surface area contributed by atoms with E-state index < -0.39 is 0 Å². The molecule has 1 aromatic carbocycles. The van der Waals surface area contributed by atoms with Crippen molar-refractivity contribution in [2.75, 3.05) is 0 Å². The van der Waals surface area contributed by atoms with E-state index in [0.29, 0.717) is 5.92 Å². The molecule has 0 N–H and O–H groups in total. The second-order valence-corrected chi connectivity index (χ2v) is 3.97. The predicted molar refractivity (Wildman–Crippen MR) is 58.3 cm³/mol. The highest BCUT2D eigenvalue weighted by molar-refractivity contribution is 7.08. The van der Waals surface area contributed by atoms with Crippen LogP contribution in [-0.2, 0) is 0 Å². The number of benzene rings is 1. The summed E-state index contributed by atoms with van der Waals surface area (Å²) in [5.74, 6) is 0.521. The SMILES string of the molecule is CC(c1ccccc1)c1ccsc1. The maximum Gasteiger partial charge on any atom is 0.00692 e. The monoisotopic (exact) mass is 188 g/mol. The van der Waals surface area contributed by atoms with E-state index in [9.17, 15) is 0 Å². The quantitative estimate of drug-likeness (QED) is 0.670. The zero-order valence-corrected chi connectivity index (χ0v) is 8.42. The Bertz CT molecular complexity index is 348. The third kappa shape index (κ3) is 1.81. The summed E-state index contributed by atoms with van der Waals surface area (Å²) in [4.78, 5) is 0. The number of rotatable bonds is 2. The molecule has 0 aliphatic heterocycles. The van der Waals surface area contributed by atoms with E-state index in [-0.39, 0.29) is 0 Å². The highest BCUT2D eigenvalue weighted by Crippen LogP contribution is 2.25. The summed E-state index contributed by atoms with van der Waals surface area (Å²) >= 11 is 1.76. The van der Waals surface area contributed by atoms with E-state index in [2.05, 4.69) is 54.1 Å². The van der Waals surface area contributed by atoms with Crippen LogP contribution < -0.4 is 0 Å². The van der Waals surface area contributed by atoms with E-state index in [4.69, 9.17) is 0 Å². The van der Waals surface area contributed by atoms with Crippen molar-refractivity contribution < 1.29 is 0 Å². The molecule has 1 heteroatoms. The topological polar surface area (TPSA) is 0 Å². The largest absolute Gasteiger partial charge is 0.152 e. The number of hydrogen-bond donors (Lipinski definition) is 0. The van der Waals surface area contributed by atoms with Gasteiger partial charge in [0, 0.05) is 5.92 Å². The molecule has 0 saturated heterocycles. The molecule has 2 rings (SSSR count). The van der Waals surface area contributed by atoms with E-state index in [1.165, 1.54) is 11.1 Å². The summed E-state index contributed by atoms with van der Waals surface area (Å²) < 4.78 is 0. The first-order valence-electron chi connectivity index (χ1n) is 4.45. The third-order valence-electron chi connectivity index (χ3n) is 2.34. The van der Waals surface area contributed by atoms with Crippen LogP contribution in [0.5, 0.6) is 0 Å². The van der Waals surface area contributed by atoms with E-state index in [1.54, 1.807) is 11.3 Å². The summed E-state index contributed by atoms with van der Waals surface area (Å²) in [5.41, 5.74) is 2.80. The van der Waals surface area contributed by atoms with Crippen molar-refractivity contribution in [1.29, 1.82) is 0 Å². The first-order valence-corrected chi connectivity index (χ1v) is 5.39. The van der Waals surface area contributed by atoms with Crippen LogP contribution in [0.3, 0.4) is 0 Å². The summed E-state index contributed by atoms with van der Waals surface area (Å²) in [6.07, 6.45) is 0. The standard InChI is InChI=1S/C12H12S/c1-10(12-7-8-13-9-12)11-5-3-2-4-6-11/h2-10H,1H3. The average Bonchev–Trinajstić information content (AvgIpc) is 2.71. The Hall–Kier alpha value is -1.08. The fourth-order valence-electron chi connectivity index (χ4n) is 1.46. The zero-order valence-electron chi connectivity index (χ0n) is 7.60. The van der Waals surface area contributed by atoms with Crippen molar-refractivity contribution in [2.45, 2.75) is 12.8 Å². The van der Waals surface area contributed by atoms with Crippen molar-refractivity contribution in [3.05, 3.63) is 58.3 Å². The molecule has 0 saturated carbocycles. The van der Waals surface area contributed by atoms with E-state index >= 15 is 0 Å². The molecule has 0 radical (unpaired) electrons. The lowest BCUT2D eigenvalue weighted by Crippen LogP contribution is -1.92. The van der Waals surface area contributed by atoms with Crippen molar-refractivity contribution >= 4 is 11.3 Å². The highest BCUT2D eigenvalue weighted by atomic mass is 32.1. The Morgan fingerprint density at radius 3 is 2.38 bits per heavy atom. The Labute approximate surface area is 82.9 Å². The van der Waals surface area contributed by atoms with Gasteiger partial charge in [0.25, 0.3) is 0 Å². The van der Waals surface area contributed by atoms with Crippen LogP contribution in [0.25, 0.3) is 0 Å². The Morgan fingerprint density at radius 2 is 1.77 bits per heavy atom. The van der Waals surface area contributed by atoms with Crippen LogP contribution in [0.4, 0.5) is 0 Å². The molecule has 0 spiro atoms. The van der Waals surface area contributed by atoms with Gasteiger partial charge >= 0.3 is 0 Å². The fourth-order valence-corrected chi connectivity index (χ4v) is 2.21. The smallest absolute Gasteiger partial charge is 0.00692 e. The number of thiophene rings is 1. The van der Waals surface area contributed by atoms with Crippen LogP contribution in [0.2, 0.25) is 0 Å². The van der Waals surface area contributed by atoms with Gasteiger partial charge in [-0.15, -0.1) is 0 Å². The van der Waals surface area contributed by atoms with Crippen molar-refractivity contribution in [3.8, 4) is 0 Å². The minimum atomic E-state index is 0.521. The summed E-state index contributed by atoms with van der Waals surface area (Å²) in [6, 6.07) is 12.8. The minimum absolute atomic E-state index is 0.521. The van der Waals surface area contributed by atoms with Crippen molar-refractivity contribution in [1.82, 2.24) is 0 Å². The molecule has 0 aliphatic carbocycles. The van der Waals surface area contributed by atoms with E-state index in [1.807, 2.05) is 0 Å². The second-order valence-electron chi connectivity index (χ2n) is 3.19. The zero-order chi connectivity index (χ0) is 9.10. The molecule has 13 heavy (non-hydrogen) atoms. The van der Waals surface area contributed by atoms with Gasteiger partial charge in [0.05, 0.1) is 0 Å². The Balaban J connectivity index is 2.29. The summed E-state index contributed by atoms with van der Waals surface area (Å²) in [5, 5.41) is 4.35.